The molecule has 5 N–H and O–H groups in total. The largest absolute Gasteiger partial charge is 0.493 e. The number of aliphatic hydroxyl groups is 5. The lowest BCUT2D eigenvalue weighted by Crippen LogP contribution is -2.48. The van der Waals surface area contributed by atoms with E-state index in [4.69, 9.17) is 127 Å². The Morgan fingerprint density at radius 2 is 0.522 bits per heavy atom. The molecular weight excluding hydrogens is 1450 g/mol. The molecule has 17 atom stereocenters. The van der Waals surface area contributed by atoms with Gasteiger partial charge in [-0.15, -0.1) is 0 Å². The Hall–Kier alpha value is -6.30. The van der Waals surface area contributed by atoms with Crippen molar-refractivity contribution in [2.75, 3.05) is 136 Å². The van der Waals surface area contributed by atoms with Gasteiger partial charge in [-0.2, -0.15) is 0 Å². The molecule has 0 aliphatic carbocycles. The predicted octanol–water partition coefficient (Wildman–Crippen LogP) is 15.1. The van der Waals surface area contributed by atoms with E-state index in [2.05, 4.69) is 0 Å². The predicted molar refractivity (Wildman–Crippen MR) is 456 cm³/mol. The molecule has 17 unspecified atom stereocenters. The van der Waals surface area contributed by atoms with Gasteiger partial charge in [0.2, 0.25) is 0 Å². The summed E-state index contributed by atoms with van der Waals surface area (Å²) in [4.78, 5) is 3.60. The van der Waals surface area contributed by atoms with E-state index in [9.17, 15) is 25.5 Å². The second-order valence-electron chi connectivity index (χ2n) is 29.1. The van der Waals surface area contributed by atoms with Gasteiger partial charge in [-0.1, -0.05) is 69.1 Å². The smallest absolute Gasteiger partial charge is 0.161 e. The first-order valence-electron chi connectivity index (χ1n) is 66.0. The Morgan fingerprint density at radius 1 is 0.330 bits per heavy atom. The van der Waals surface area contributed by atoms with Gasteiger partial charge in [-0.3, -0.25) is 24.5 Å². The van der Waals surface area contributed by atoms with Crippen LogP contribution >= 0.6 is 0 Å². The minimum Gasteiger partial charge on any atom is -0.493 e. The van der Waals surface area contributed by atoms with Crippen molar-refractivity contribution in [1.82, 2.24) is 24.5 Å². The first kappa shape index (κ1) is 40.4. The fourth-order valence-corrected chi connectivity index (χ4v) is 14.3. The van der Waals surface area contributed by atoms with E-state index in [-0.39, 0.29) is 133 Å². The Kier molecular flexibility index (Phi) is 14.3. The molecule has 0 bridgehead atoms. The van der Waals surface area contributed by atoms with E-state index < -0.39 is 288 Å². The van der Waals surface area contributed by atoms with Crippen LogP contribution in [0.3, 0.4) is 0 Å². The van der Waals surface area contributed by atoms with Crippen molar-refractivity contribution >= 4 is 0 Å². The molecule has 0 radical (unpaired) electrons. The molecule has 10 aliphatic heterocycles. The fourth-order valence-electron chi connectivity index (χ4n) is 14.3. The lowest BCUT2D eigenvalue weighted by Gasteiger charge is -2.46. The van der Waals surface area contributed by atoms with Crippen LogP contribution in [0.2, 0.25) is 0 Å². The fraction of sp³-hybridized carbons (Fsp3) is 0.684. The number of fused-ring (bicyclic) bond motifs is 15. The van der Waals surface area contributed by atoms with E-state index in [0.717, 1.165) is 58.2 Å². The molecule has 5 aromatic carbocycles. The van der Waals surface area contributed by atoms with Gasteiger partial charge in [-0.05, 0) is 271 Å². The van der Waals surface area contributed by atoms with Gasteiger partial charge in [0.05, 0.1) is 116 Å². The molecule has 0 amide bonds. The molecule has 10 aliphatic rings. The molecule has 5 fully saturated rings. The second kappa shape index (κ2) is 40.6. The van der Waals surface area contributed by atoms with Crippen molar-refractivity contribution in [3.05, 3.63) is 116 Å². The standard InChI is InChI=1S/5C19H29NO3/c5*1-12(2)7-14-11-20-6-5-13-8-18(22-3)19(23-4)9-15(13)16(20)10-17(14)21/h5*8-9,12,14,16-17,21H,5-7,10-11H2,1-4H3/i1D3,4D3,5D2,6D2,7D2,10D2,12D,14D,17D;1D3,5D2,6D2,7D2,10D2,12D,14D,17D;4D3,5D2,6D2,10D2,14D,17D;2*5D2,6D2,10D2,14D,17D. The van der Waals surface area contributed by atoms with Crippen molar-refractivity contribution in [2.45, 2.75) is 225 Å². The number of benzene rings is 5. The number of hydrogen-bond donors (Lipinski definition) is 5. The van der Waals surface area contributed by atoms with Gasteiger partial charge in [0.1, 0.15) is 0 Å². The van der Waals surface area contributed by atoms with Crippen molar-refractivity contribution in [3.63, 3.8) is 0 Å². The van der Waals surface area contributed by atoms with Crippen LogP contribution in [0.25, 0.3) is 0 Å². The molecule has 640 valence electrons. The van der Waals surface area contributed by atoms with Crippen LogP contribution in [-0.2, 0) is 31.9 Å². The highest BCUT2D eigenvalue weighted by Gasteiger charge is 2.45. The zero-order chi connectivity index (χ0) is 134. The molecule has 10 heterocycles. The van der Waals surface area contributed by atoms with E-state index in [1.165, 1.54) is 74.0 Å². The number of rotatable bonds is 20. The molecule has 115 heavy (non-hydrogen) atoms. The van der Waals surface area contributed by atoms with Gasteiger partial charge >= 0.3 is 0 Å². The number of aryl methyl sites for hydroxylation is 5. The van der Waals surface area contributed by atoms with Crippen LogP contribution in [0.1, 0.15) is 298 Å². The summed E-state index contributed by atoms with van der Waals surface area (Å²) in [6, 6.07) is 2.56. The second-order valence-corrected chi connectivity index (χ2v) is 29.1. The third kappa shape index (κ3) is 21.1. The summed E-state index contributed by atoms with van der Waals surface area (Å²) in [5.41, 5.74) is -2.33. The average Bonchev–Trinajstić information content (AvgIpc) is 0.661. The summed E-state index contributed by atoms with van der Waals surface area (Å²) in [6.45, 7) is -14.3. The molecule has 20 heteroatoms. The average molecular weight is 1660 g/mol. The van der Waals surface area contributed by atoms with E-state index in [0.29, 0.717) is 23.6 Å². The van der Waals surface area contributed by atoms with E-state index in [1.54, 1.807) is 41.5 Å². The van der Waals surface area contributed by atoms with Gasteiger partial charge in [0, 0.05) is 160 Å². The van der Waals surface area contributed by atoms with Gasteiger partial charge in [-0.25, -0.2) is 0 Å². The number of nitrogens with zero attached hydrogens (tertiary/aromatic N) is 5. The van der Waals surface area contributed by atoms with Crippen LogP contribution in [0, 0.1) is 59.0 Å². The highest BCUT2D eigenvalue weighted by molar-refractivity contribution is 5.54. The van der Waals surface area contributed by atoms with Crippen LogP contribution in [0.15, 0.2) is 60.7 Å². The summed E-state index contributed by atoms with van der Waals surface area (Å²) in [7, 11) is 4.25. The van der Waals surface area contributed by atoms with Crippen LogP contribution in [0.5, 0.6) is 57.5 Å². The van der Waals surface area contributed by atoms with Gasteiger partial charge < -0.3 is 72.9 Å². The highest BCUT2D eigenvalue weighted by atomic mass is 16.5. The minimum atomic E-state index is -3.87. The van der Waals surface area contributed by atoms with Crippen LogP contribution in [-0.4, -0.2) is 217 Å². The highest BCUT2D eigenvalue weighted by Crippen LogP contribution is 2.50. The quantitative estimate of drug-likeness (QED) is 0.0491. The maximum absolute atomic E-state index is 11.3. The van der Waals surface area contributed by atoms with Gasteiger partial charge in [0.15, 0.2) is 57.5 Å². The maximum Gasteiger partial charge on any atom is 0.161 e. The number of piperidine rings is 5. The van der Waals surface area contributed by atoms with Gasteiger partial charge in [0.25, 0.3) is 0 Å². The van der Waals surface area contributed by atoms with Crippen molar-refractivity contribution in [1.29, 1.82) is 0 Å². The Bertz CT molecular complexity index is 6660. The summed E-state index contributed by atoms with van der Waals surface area (Å²) < 4.78 is 539. The lowest BCUT2D eigenvalue weighted by atomic mass is 9.79. The summed E-state index contributed by atoms with van der Waals surface area (Å²) >= 11 is 0. The Morgan fingerprint density at radius 3 is 0.713 bits per heavy atom. The first-order chi connectivity index (χ1) is 76.9. The molecular formula is C95H145N5O15. The summed E-state index contributed by atoms with van der Waals surface area (Å²) in [5.74, 6) is -21.2. The van der Waals surface area contributed by atoms with E-state index in [1.807, 2.05) is 0 Å². The summed E-state index contributed by atoms with van der Waals surface area (Å²) in [6.07, 6.45) is -53.5. The number of methoxy groups -OCH3 is 10. The number of ether oxygens (including phenoxy) is 10. The molecule has 15 rings (SSSR count). The van der Waals surface area contributed by atoms with Crippen molar-refractivity contribution in [2.24, 2.45) is 59.0 Å². The number of hydrogen-bond acceptors (Lipinski definition) is 20. The van der Waals surface area contributed by atoms with Crippen molar-refractivity contribution < 1.29 is 152 Å². The van der Waals surface area contributed by atoms with Crippen LogP contribution in [0.4, 0.5) is 0 Å². The lowest BCUT2D eigenvalue weighted by molar-refractivity contribution is -0.0192. The maximum atomic E-state index is 11.3. The molecule has 5 aromatic rings. The normalized spacial score (nSPS) is 49.6. The third-order valence-corrected chi connectivity index (χ3v) is 19.6. The first-order valence-corrected chi connectivity index (χ1v) is 37.0. The topological polar surface area (TPSA) is 210 Å². The molecule has 0 aromatic heterocycles. The Balaban J connectivity index is 0.000000202. The molecule has 20 nitrogen and oxygen atoms in total. The summed E-state index contributed by atoms with van der Waals surface area (Å²) in [5, 5.41) is 55.8. The minimum absolute atomic E-state index is 0.000650. The van der Waals surface area contributed by atoms with E-state index >= 15 is 0 Å². The Labute approximate surface area is 771 Å². The third-order valence-electron chi connectivity index (χ3n) is 19.6. The molecule has 0 spiro atoms. The monoisotopic (exact) mass is 1650 g/mol. The SMILES string of the molecule is [2H]C([2H])([2H])C([2H])(C)C([2H])([2H])C1([2H])CN2C(c3cc(OC)c(OC)cc3C([2H])([2H])C2([2H])[2H])C([2H])([2H])C1([2H])O.[2H]C([2H])([2H])Oc1cc2c(cc1OC)C([2H])([2H])C([2H])([2H])N1CC([2H])(C([2H])([2H])C([2H])(C)C([2H])([2H])[2H])C([2H])(O)C([2H])([2H])C21.[2H]C([2H])([2H])Oc1cc2c(cc1OC)C([2H])([2H])C([2H])([2H])N1CC([2H])(CC(C)C)C([2H])(O)C([2H])([2H])C21.[2H]C1(CC(C)C)CN2C(c3cc(OC)c(OC)cc3C([2H])([2H])C2([2H])[2H])C([2H])([2H])C1([2H])O.[2H]C1(CC(C)C)CN2C(c3cc(OC)c(OC)cc3C([2H])([2H])C2([2H])[2H])C([2H])([2H])C1([2H])O. The zero-order valence-corrected chi connectivity index (χ0v) is 67.1. The zero-order valence-electron chi connectivity index (χ0n) is 125. The van der Waals surface area contributed by atoms with Crippen molar-refractivity contribution in [3.8, 4) is 57.5 Å². The van der Waals surface area contributed by atoms with Crippen LogP contribution < -0.4 is 47.4 Å². The molecule has 5 saturated heterocycles. The molecule has 0 saturated carbocycles.